The molecule has 1 aromatic carbocycles. The van der Waals surface area contributed by atoms with Crippen LogP contribution in [0, 0.1) is 3.57 Å². The smallest absolute Gasteiger partial charge is 0.422 e. The number of halogens is 1. The van der Waals surface area contributed by atoms with Crippen molar-refractivity contribution in [3.8, 4) is 0 Å². The third-order valence-corrected chi connectivity index (χ3v) is 2.32. The molecule has 14 heavy (non-hydrogen) atoms. The fourth-order valence-corrected chi connectivity index (χ4v) is 1.28. The van der Waals surface area contributed by atoms with E-state index in [4.69, 9.17) is 5.53 Å². The fraction of sp³-hybridized carbons (Fsp3) is 0.111. The van der Waals surface area contributed by atoms with Gasteiger partial charge in [-0.3, -0.25) is 0 Å². The third kappa shape index (κ3) is 2.40. The van der Waals surface area contributed by atoms with Crippen molar-refractivity contribution in [2.24, 2.45) is 0 Å². The van der Waals surface area contributed by atoms with Gasteiger partial charge in [0.1, 0.15) is 0 Å². The Balaban J connectivity index is 3.09. The zero-order valence-electron chi connectivity index (χ0n) is 7.40. The van der Waals surface area contributed by atoms with Gasteiger partial charge in [-0.2, -0.15) is 4.79 Å². The lowest BCUT2D eigenvalue weighted by Gasteiger charge is -1.95. The zero-order chi connectivity index (χ0) is 10.6. The normalized spacial score (nSPS) is 9.00. The molecule has 1 rings (SSSR count). The van der Waals surface area contributed by atoms with E-state index in [-0.39, 0.29) is 5.71 Å². The minimum Gasteiger partial charge on any atom is -0.460 e. The Kier molecular flexibility index (Phi) is 3.79. The van der Waals surface area contributed by atoms with Gasteiger partial charge < -0.3 is 10.3 Å². The molecule has 0 atom stereocenters. The number of hydrogen-bond acceptors (Lipinski definition) is 2. The molecule has 72 valence electrons. The minimum absolute atomic E-state index is 0.0936. The van der Waals surface area contributed by atoms with Gasteiger partial charge in [0.05, 0.1) is 12.7 Å². The average molecular weight is 302 g/mol. The molecule has 0 fully saturated rings. The first-order chi connectivity index (χ1) is 6.69. The molecule has 5 heteroatoms. The predicted molar refractivity (Wildman–Crippen MR) is 58.9 cm³/mol. The SMILES string of the molecule is COC(=O)C(=[N+]=[N-])c1ccc(I)cc1. The first-order valence-corrected chi connectivity index (χ1v) is 4.83. The van der Waals surface area contributed by atoms with Gasteiger partial charge in [-0.1, -0.05) is 0 Å². The van der Waals surface area contributed by atoms with Crippen molar-refractivity contribution in [3.05, 3.63) is 38.9 Å². The molecule has 0 amide bonds. The molecule has 4 nitrogen and oxygen atoms in total. The highest BCUT2D eigenvalue weighted by atomic mass is 127. The number of esters is 1. The Morgan fingerprint density at radius 3 is 2.43 bits per heavy atom. The number of carbonyl (C=O) groups is 1. The van der Waals surface area contributed by atoms with Crippen molar-refractivity contribution in [1.29, 1.82) is 0 Å². The molecule has 0 heterocycles. The molecule has 0 aliphatic rings. The van der Waals surface area contributed by atoms with Crippen LogP contribution in [0.15, 0.2) is 24.3 Å². The maximum absolute atomic E-state index is 11.1. The van der Waals surface area contributed by atoms with Gasteiger partial charge in [-0.15, -0.1) is 0 Å². The van der Waals surface area contributed by atoms with E-state index >= 15 is 0 Å². The highest BCUT2D eigenvalue weighted by molar-refractivity contribution is 14.1. The van der Waals surface area contributed by atoms with Gasteiger partial charge in [0.2, 0.25) is 0 Å². The van der Waals surface area contributed by atoms with Gasteiger partial charge in [-0.05, 0) is 46.9 Å². The lowest BCUT2D eigenvalue weighted by molar-refractivity contribution is -0.137. The van der Waals surface area contributed by atoms with Crippen molar-refractivity contribution in [3.63, 3.8) is 0 Å². The second-order valence-corrected chi connectivity index (χ2v) is 3.69. The molecular weight excluding hydrogens is 295 g/mol. The summed E-state index contributed by atoms with van der Waals surface area (Å²) in [5.74, 6) is -0.659. The molecule has 0 aliphatic heterocycles. The maximum Gasteiger partial charge on any atom is 0.422 e. The lowest BCUT2D eigenvalue weighted by Crippen LogP contribution is -2.18. The van der Waals surface area contributed by atoms with E-state index in [2.05, 4.69) is 32.1 Å². The van der Waals surface area contributed by atoms with Crippen LogP contribution in [0.1, 0.15) is 5.56 Å². The average Bonchev–Trinajstić information content (AvgIpc) is 2.21. The van der Waals surface area contributed by atoms with Gasteiger partial charge in [0.15, 0.2) is 0 Å². The quantitative estimate of drug-likeness (QED) is 0.273. The summed E-state index contributed by atoms with van der Waals surface area (Å²) < 4.78 is 5.49. The molecule has 0 bridgehead atoms. The van der Waals surface area contributed by atoms with E-state index in [0.717, 1.165) is 3.57 Å². The fourth-order valence-electron chi connectivity index (χ4n) is 0.921. The summed E-state index contributed by atoms with van der Waals surface area (Å²) in [6, 6.07) is 7.00. The molecule has 0 saturated heterocycles. The number of carbonyl (C=O) groups excluding carboxylic acids is 1. The van der Waals surface area contributed by atoms with Gasteiger partial charge in [0, 0.05) is 3.57 Å². The monoisotopic (exact) mass is 302 g/mol. The second-order valence-electron chi connectivity index (χ2n) is 2.45. The van der Waals surface area contributed by atoms with E-state index < -0.39 is 5.97 Å². The summed E-state index contributed by atoms with van der Waals surface area (Å²) in [6.45, 7) is 0. The Bertz CT molecular complexity index is 394. The number of ether oxygens (including phenoxy) is 1. The highest BCUT2D eigenvalue weighted by Gasteiger charge is 2.22. The van der Waals surface area contributed by atoms with Gasteiger partial charge >= 0.3 is 11.7 Å². The molecule has 0 radical (unpaired) electrons. The van der Waals surface area contributed by atoms with E-state index in [1.54, 1.807) is 12.1 Å². The molecule has 0 N–H and O–H groups in total. The van der Waals surface area contributed by atoms with Crippen LogP contribution in [-0.2, 0) is 9.53 Å². The van der Waals surface area contributed by atoms with Crippen LogP contribution in [0.25, 0.3) is 5.53 Å². The van der Waals surface area contributed by atoms with Gasteiger partial charge in [0.25, 0.3) is 0 Å². The largest absolute Gasteiger partial charge is 0.460 e. The maximum atomic E-state index is 11.1. The predicted octanol–water partition coefficient (Wildman–Crippen LogP) is 1.48. The Morgan fingerprint density at radius 2 is 2.00 bits per heavy atom. The van der Waals surface area contributed by atoms with Crippen LogP contribution in [0.2, 0.25) is 0 Å². The van der Waals surface area contributed by atoms with Crippen LogP contribution >= 0.6 is 22.6 Å². The summed E-state index contributed by atoms with van der Waals surface area (Å²) in [6.07, 6.45) is 0. The molecule has 0 aromatic heterocycles. The van der Waals surface area contributed by atoms with Crippen LogP contribution < -0.4 is 0 Å². The van der Waals surface area contributed by atoms with Crippen molar-refractivity contribution < 1.29 is 14.3 Å². The molecule has 0 aliphatic carbocycles. The lowest BCUT2D eigenvalue weighted by atomic mass is 10.1. The molecule has 0 unspecified atom stereocenters. The summed E-state index contributed by atoms with van der Waals surface area (Å²) in [7, 11) is 1.24. The van der Waals surface area contributed by atoms with Crippen LogP contribution in [-0.4, -0.2) is 23.6 Å². The van der Waals surface area contributed by atoms with E-state index in [0.29, 0.717) is 5.56 Å². The Morgan fingerprint density at radius 1 is 1.43 bits per heavy atom. The van der Waals surface area contributed by atoms with Crippen LogP contribution in [0.4, 0.5) is 0 Å². The summed E-state index contributed by atoms with van der Waals surface area (Å²) in [5.41, 5.74) is 9.07. The van der Waals surface area contributed by atoms with E-state index in [9.17, 15) is 4.79 Å². The second kappa shape index (κ2) is 4.88. The number of rotatable bonds is 2. The topological polar surface area (TPSA) is 62.7 Å². The summed E-state index contributed by atoms with van der Waals surface area (Å²) >= 11 is 2.14. The van der Waals surface area contributed by atoms with Crippen LogP contribution in [0.3, 0.4) is 0 Å². The van der Waals surface area contributed by atoms with E-state index in [1.165, 1.54) is 7.11 Å². The summed E-state index contributed by atoms with van der Waals surface area (Å²) in [4.78, 5) is 14.0. The number of hydrogen-bond donors (Lipinski definition) is 0. The van der Waals surface area contributed by atoms with Crippen molar-refractivity contribution in [2.75, 3.05) is 7.11 Å². The van der Waals surface area contributed by atoms with Gasteiger partial charge in [-0.25, -0.2) is 4.79 Å². The minimum atomic E-state index is -0.659. The molecule has 0 spiro atoms. The first-order valence-electron chi connectivity index (χ1n) is 3.75. The number of methoxy groups -OCH3 is 1. The molecule has 0 saturated carbocycles. The van der Waals surface area contributed by atoms with Crippen molar-refractivity contribution in [1.82, 2.24) is 0 Å². The number of benzene rings is 1. The highest BCUT2D eigenvalue weighted by Crippen LogP contribution is 2.07. The van der Waals surface area contributed by atoms with Crippen LogP contribution in [0.5, 0.6) is 0 Å². The van der Waals surface area contributed by atoms with Crippen molar-refractivity contribution in [2.45, 2.75) is 0 Å². The molecular formula is C9H7IN2O2. The Hall–Kier alpha value is -1.20. The standard InChI is InChI=1S/C9H7IN2O2/c1-14-9(13)8(12-11)6-2-4-7(10)5-3-6/h2-5H,1H3. The first kappa shape index (κ1) is 10.9. The molecule has 1 aromatic rings. The Labute approximate surface area is 94.6 Å². The van der Waals surface area contributed by atoms with E-state index in [1.807, 2.05) is 12.1 Å². The summed E-state index contributed by atoms with van der Waals surface area (Å²) in [5, 5.41) is 0. The number of nitrogens with zero attached hydrogens (tertiary/aromatic N) is 2. The van der Waals surface area contributed by atoms with Crippen molar-refractivity contribution >= 4 is 34.3 Å². The third-order valence-electron chi connectivity index (χ3n) is 1.60. The zero-order valence-corrected chi connectivity index (χ0v) is 9.56.